The minimum Gasteiger partial charge on any atom is -0.444 e. The number of ether oxygens (including phenoxy) is 1. The summed E-state index contributed by atoms with van der Waals surface area (Å²) in [5.41, 5.74) is 4.56. The van der Waals surface area contributed by atoms with Crippen molar-refractivity contribution in [1.82, 2.24) is 24.8 Å². The van der Waals surface area contributed by atoms with Gasteiger partial charge in [0.1, 0.15) is 11.4 Å². The summed E-state index contributed by atoms with van der Waals surface area (Å²) in [5, 5.41) is 4.41. The number of carbonyl (C=O) groups excluding carboxylic acids is 2. The van der Waals surface area contributed by atoms with Crippen LogP contribution < -0.4 is 5.32 Å². The number of aromatic nitrogens is 4. The second-order valence-corrected chi connectivity index (χ2v) is 12.2. The quantitative estimate of drug-likeness (QED) is 0.205. The largest absolute Gasteiger partial charge is 0.444 e. The van der Waals surface area contributed by atoms with Crippen molar-refractivity contribution < 1.29 is 14.3 Å². The van der Waals surface area contributed by atoms with Crippen LogP contribution in [0.4, 0.5) is 10.6 Å². The number of pyridine rings is 2. The number of benzene rings is 2. The molecule has 0 aliphatic carbocycles. The van der Waals surface area contributed by atoms with Gasteiger partial charge in [-0.25, -0.2) is 14.8 Å². The molecule has 6 rings (SSSR count). The molecule has 9 heteroatoms. The summed E-state index contributed by atoms with van der Waals surface area (Å²) in [6.07, 6.45) is 6.24. The fraction of sp³-hybridized carbons (Fsp3) is 0.278. The SMILES string of the molecule is CC(C)(C)OC(=O)N1CCC[C@H]1C(=O)Cc1cncc(-c2nc(NCc3ccccn3)c3c(-c4ccccc4)cccc3n2)c1. The van der Waals surface area contributed by atoms with Crippen LogP contribution in [-0.4, -0.2) is 54.9 Å². The summed E-state index contributed by atoms with van der Waals surface area (Å²) in [6, 6.07) is 23.4. The van der Waals surface area contributed by atoms with Gasteiger partial charge in [0.25, 0.3) is 0 Å². The number of hydrogen-bond donors (Lipinski definition) is 1. The van der Waals surface area contributed by atoms with Gasteiger partial charge in [-0.3, -0.25) is 19.7 Å². The van der Waals surface area contributed by atoms with Crippen LogP contribution in [0.5, 0.6) is 0 Å². The van der Waals surface area contributed by atoms with Crippen molar-refractivity contribution in [3.63, 3.8) is 0 Å². The highest BCUT2D eigenvalue weighted by molar-refractivity contribution is 6.02. The number of nitrogens with one attached hydrogen (secondary N) is 1. The van der Waals surface area contributed by atoms with Crippen molar-refractivity contribution in [2.75, 3.05) is 11.9 Å². The Labute approximate surface area is 262 Å². The van der Waals surface area contributed by atoms with E-state index in [9.17, 15) is 9.59 Å². The number of hydrogen-bond acceptors (Lipinski definition) is 8. The molecule has 1 aliphatic rings. The average Bonchev–Trinajstić information content (AvgIpc) is 3.54. The number of Topliss-reactive ketones (excluding diaryl/α,β-unsaturated/α-hetero) is 1. The van der Waals surface area contributed by atoms with Gasteiger partial charge in [0, 0.05) is 37.1 Å². The number of rotatable bonds is 8. The molecule has 0 bridgehead atoms. The van der Waals surface area contributed by atoms with Crippen LogP contribution in [0, 0.1) is 0 Å². The number of ketones is 1. The van der Waals surface area contributed by atoms with E-state index in [1.807, 2.05) is 75.4 Å². The zero-order valence-corrected chi connectivity index (χ0v) is 25.7. The van der Waals surface area contributed by atoms with E-state index >= 15 is 0 Å². The van der Waals surface area contributed by atoms with E-state index in [4.69, 9.17) is 14.7 Å². The van der Waals surface area contributed by atoms with Gasteiger partial charge in [-0.05, 0) is 74.6 Å². The van der Waals surface area contributed by atoms with E-state index in [2.05, 4.69) is 33.5 Å². The monoisotopic (exact) mass is 600 g/mol. The molecular weight excluding hydrogens is 564 g/mol. The Morgan fingerprint density at radius 3 is 2.56 bits per heavy atom. The van der Waals surface area contributed by atoms with Gasteiger partial charge in [0.05, 0.1) is 29.2 Å². The molecule has 45 heavy (non-hydrogen) atoms. The highest BCUT2D eigenvalue weighted by atomic mass is 16.6. The maximum Gasteiger partial charge on any atom is 0.410 e. The van der Waals surface area contributed by atoms with Crippen molar-refractivity contribution >= 4 is 28.6 Å². The predicted molar refractivity (Wildman–Crippen MR) is 174 cm³/mol. The molecular formula is C36H36N6O3. The van der Waals surface area contributed by atoms with E-state index < -0.39 is 17.7 Å². The molecule has 228 valence electrons. The van der Waals surface area contributed by atoms with Gasteiger partial charge in [-0.1, -0.05) is 48.5 Å². The highest BCUT2D eigenvalue weighted by Crippen LogP contribution is 2.34. The standard InChI is InChI=1S/C36H36N6O3/c1-36(2,3)45-35(44)42-18-10-16-30(42)31(43)20-24-19-26(22-37-21-24)33-40-29-15-9-14-28(25-11-5-4-6-12-25)32(29)34(41-33)39-23-27-13-7-8-17-38-27/h4-9,11-15,17,19,21-22,30H,10,16,18,20,23H2,1-3H3,(H,39,40,41)/t30-/m0/s1. The molecule has 0 radical (unpaired) electrons. The van der Waals surface area contributed by atoms with Crippen molar-refractivity contribution in [2.45, 2.75) is 58.2 Å². The van der Waals surface area contributed by atoms with Gasteiger partial charge in [0.2, 0.25) is 0 Å². The summed E-state index contributed by atoms with van der Waals surface area (Å²) in [5.74, 6) is 1.14. The van der Waals surface area contributed by atoms with E-state index in [0.29, 0.717) is 36.7 Å². The smallest absolute Gasteiger partial charge is 0.410 e. The summed E-state index contributed by atoms with van der Waals surface area (Å²) in [4.78, 5) is 46.6. The molecule has 1 saturated heterocycles. The normalized spacial score (nSPS) is 14.8. The van der Waals surface area contributed by atoms with E-state index in [1.54, 1.807) is 23.5 Å². The average molecular weight is 601 g/mol. The summed E-state index contributed by atoms with van der Waals surface area (Å²) < 4.78 is 5.56. The van der Waals surface area contributed by atoms with Gasteiger partial charge >= 0.3 is 6.09 Å². The first-order valence-corrected chi connectivity index (χ1v) is 15.2. The molecule has 0 spiro atoms. The third-order valence-corrected chi connectivity index (χ3v) is 7.66. The molecule has 3 aromatic heterocycles. The molecule has 1 aliphatic heterocycles. The lowest BCUT2D eigenvalue weighted by atomic mass is 10.00. The molecule has 0 saturated carbocycles. The Hall–Kier alpha value is -5.18. The maximum atomic E-state index is 13.4. The Morgan fingerprint density at radius 2 is 1.78 bits per heavy atom. The summed E-state index contributed by atoms with van der Waals surface area (Å²) in [6.45, 7) is 6.47. The third kappa shape index (κ3) is 6.98. The molecule has 1 N–H and O–H groups in total. The Morgan fingerprint density at radius 1 is 0.956 bits per heavy atom. The molecule has 5 aromatic rings. The van der Waals surface area contributed by atoms with Gasteiger partial charge < -0.3 is 10.1 Å². The third-order valence-electron chi connectivity index (χ3n) is 7.66. The zero-order valence-electron chi connectivity index (χ0n) is 25.7. The van der Waals surface area contributed by atoms with Crippen LogP contribution in [0.25, 0.3) is 33.4 Å². The van der Waals surface area contributed by atoms with Crippen LogP contribution in [0.3, 0.4) is 0 Å². The number of anilines is 1. The van der Waals surface area contributed by atoms with Crippen molar-refractivity contribution in [3.8, 4) is 22.5 Å². The first kappa shape index (κ1) is 29.9. The minimum atomic E-state index is -0.626. The first-order valence-electron chi connectivity index (χ1n) is 15.2. The van der Waals surface area contributed by atoms with Gasteiger partial charge in [0.15, 0.2) is 11.6 Å². The van der Waals surface area contributed by atoms with E-state index in [1.165, 1.54) is 0 Å². The fourth-order valence-corrected chi connectivity index (χ4v) is 5.64. The Balaban J connectivity index is 1.31. The van der Waals surface area contributed by atoms with Crippen LogP contribution in [0.1, 0.15) is 44.9 Å². The van der Waals surface area contributed by atoms with Crippen LogP contribution in [0.15, 0.2) is 91.4 Å². The predicted octanol–water partition coefficient (Wildman–Crippen LogP) is 6.88. The second kappa shape index (κ2) is 12.8. The number of nitrogens with zero attached hydrogens (tertiary/aromatic N) is 5. The molecule has 1 fully saturated rings. The second-order valence-electron chi connectivity index (χ2n) is 12.2. The maximum absolute atomic E-state index is 13.4. The number of likely N-dealkylation sites (tertiary alicyclic amines) is 1. The lowest BCUT2D eigenvalue weighted by Gasteiger charge is -2.28. The molecule has 0 unspecified atom stereocenters. The molecule has 2 aromatic carbocycles. The van der Waals surface area contributed by atoms with E-state index in [0.717, 1.165) is 39.7 Å². The van der Waals surface area contributed by atoms with Crippen LogP contribution >= 0.6 is 0 Å². The topological polar surface area (TPSA) is 110 Å². The van der Waals surface area contributed by atoms with Crippen molar-refractivity contribution in [1.29, 1.82) is 0 Å². The zero-order chi connectivity index (χ0) is 31.4. The molecule has 4 heterocycles. The minimum absolute atomic E-state index is 0.0399. The van der Waals surface area contributed by atoms with Gasteiger partial charge in [-0.2, -0.15) is 0 Å². The molecule has 1 amide bonds. The van der Waals surface area contributed by atoms with Crippen LogP contribution in [-0.2, 0) is 22.5 Å². The molecule has 1 atom stereocenters. The van der Waals surface area contributed by atoms with Crippen LogP contribution in [0.2, 0.25) is 0 Å². The Kier molecular flexibility index (Phi) is 8.51. The Bertz CT molecular complexity index is 1820. The van der Waals surface area contributed by atoms with Crippen molar-refractivity contribution in [3.05, 3.63) is 103 Å². The number of carbonyl (C=O) groups is 2. The fourth-order valence-electron chi connectivity index (χ4n) is 5.64. The van der Waals surface area contributed by atoms with E-state index in [-0.39, 0.29) is 12.2 Å². The highest BCUT2D eigenvalue weighted by Gasteiger charge is 2.36. The molecule has 9 nitrogen and oxygen atoms in total. The lowest BCUT2D eigenvalue weighted by molar-refractivity contribution is -0.122. The van der Waals surface area contributed by atoms with Crippen molar-refractivity contribution in [2.24, 2.45) is 0 Å². The van der Waals surface area contributed by atoms with Gasteiger partial charge in [-0.15, -0.1) is 0 Å². The summed E-state index contributed by atoms with van der Waals surface area (Å²) >= 11 is 0. The number of amides is 1. The first-order chi connectivity index (χ1) is 21.7. The number of fused-ring (bicyclic) bond motifs is 1. The lowest BCUT2D eigenvalue weighted by Crippen LogP contribution is -2.43. The summed E-state index contributed by atoms with van der Waals surface area (Å²) in [7, 11) is 0.